The minimum Gasteiger partial charge on any atom is -0.361 e. The maximum absolute atomic E-state index is 4.38. The number of H-pyrrole nitrogens is 1. The summed E-state index contributed by atoms with van der Waals surface area (Å²) in [6, 6.07) is 10.5. The van der Waals surface area contributed by atoms with Gasteiger partial charge in [-0.15, -0.1) is 0 Å². The van der Waals surface area contributed by atoms with Gasteiger partial charge in [-0.1, -0.05) is 30.3 Å². The van der Waals surface area contributed by atoms with Crippen molar-refractivity contribution in [3.05, 3.63) is 67.3 Å². The van der Waals surface area contributed by atoms with Crippen LogP contribution in [0.5, 0.6) is 0 Å². The third-order valence-electron chi connectivity index (χ3n) is 3.97. The van der Waals surface area contributed by atoms with Crippen LogP contribution >= 0.6 is 0 Å². The fraction of sp³-hybridized carbons (Fsp3) is 0.176. The lowest BCUT2D eigenvalue weighted by molar-refractivity contribution is 0.582. The van der Waals surface area contributed by atoms with Crippen molar-refractivity contribution in [1.29, 1.82) is 0 Å². The molecule has 3 heterocycles. The fourth-order valence-electron chi connectivity index (χ4n) is 2.74. The summed E-state index contributed by atoms with van der Waals surface area (Å²) < 4.78 is 2.07. The molecule has 4 rings (SSSR count). The molecule has 0 saturated heterocycles. The van der Waals surface area contributed by atoms with Crippen LogP contribution in [0.4, 0.5) is 5.82 Å². The maximum atomic E-state index is 4.38. The number of aromatic amines is 1. The molecule has 0 spiro atoms. The van der Waals surface area contributed by atoms with Crippen molar-refractivity contribution in [1.82, 2.24) is 29.5 Å². The monoisotopic (exact) mass is 319 g/mol. The number of anilines is 1. The van der Waals surface area contributed by atoms with E-state index in [0.29, 0.717) is 5.65 Å². The van der Waals surface area contributed by atoms with Crippen LogP contribution in [0.2, 0.25) is 0 Å². The molecule has 0 aliphatic carbocycles. The molecule has 24 heavy (non-hydrogen) atoms. The quantitative estimate of drug-likeness (QED) is 0.571. The van der Waals surface area contributed by atoms with Gasteiger partial charge in [0.05, 0.1) is 18.7 Å². The number of rotatable bonds is 6. The second-order valence-corrected chi connectivity index (χ2v) is 5.52. The van der Waals surface area contributed by atoms with Crippen molar-refractivity contribution in [3.63, 3.8) is 0 Å². The summed E-state index contributed by atoms with van der Waals surface area (Å²) in [6.07, 6.45) is 9.67. The van der Waals surface area contributed by atoms with Gasteiger partial charge in [0.25, 0.3) is 0 Å². The van der Waals surface area contributed by atoms with Crippen molar-refractivity contribution >= 4 is 17.0 Å². The number of hydrogen-bond acceptors (Lipinski definition) is 5. The Labute approximate surface area is 138 Å². The highest BCUT2D eigenvalue weighted by Crippen LogP contribution is 2.25. The van der Waals surface area contributed by atoms with Crippen molar-refractivity contribution in [3.8, 4) is 0 Å². The van der Waals surface area contributed by atoms with Gasteiger partial charge in [-0.3, -0.25) is 0 Å². The molecule has 120 valence electrons. The number of aryl methyl sites for hydroxylation is 1. The molecule has 1 aromatic carbocycles. The predicted octanol–water partition coefficient (Wildman–Crippen LogP) is 2.79. The maximum Gasteiger partial charge on any atom is 0.182 e. The molecule has 3 aromatic heterocycles. The fourth-order valence-corrected chi connectivity index (χ4v) is 2.74. The number of aromatic nitrogens is 6. The molecule has 7 nitrogen and oxygen atoms in total. The first-order valence-corrected chi connectivity index (χ1v) is 7.81. The Kier molecular flexibility index (Phi) is 3.89. The van der Waals surface area contributed by atoms with Crippen molar-refractivity contribution in [2.24, 2.45) is 0 Å². The minimum atomic E-state index is 0.120. The minimum absolute atomic E-state index is 0.120. The molecule has 0 bridgehead atoms. The van der Waals surface area contributed by atoms with Crippen LogP contribution in [0.1, 0.15) is 18.0 Å². The summed E-state index contributed by atoms with van der Waals surface area (Å²) in [5.74, 6) is 0.761. The van der Waals surface area contributed by atoms with E-state index in [1.165, 1.54) is 11.9 Å². The number of hydrogen-bond donors (Lipinski definition) is 2. The third kappa shape index (κ3) is 2.96. The Morgan fingerprint density at radius 1 is 1.12 bits per heavy atom. The molecule has 4 aromatic rings. The van der Waals surface area contributed by atoms with Crippen LogP contribution in [0.3, 0.4) is 0 Å². The van der Waals surface area contributed by atoms with Gasteiger partial charge in [0.15, 0.2) is 11.5 Å². The van der Waals surface area contributed by atoms with Gasteiger partial charge < -0.3 is 14.9 Å². The summed E-state index contributed by atoms with van der Waals surface area (Å²) >= 11 is 0. The first kappa shape index (κ1) is 14.4. The lowest BCUT2D eigenvalue weighted by atomic mass is 10.0. The molecule has 0 fully saturated rings. The Bertz CT molecular complexity index is 899. The van der Waals surface area contributed by atoms with Crippen LogP contribution in [0.25, 0.3) is 11.2 Å². The van der Waals surface area contributed by atoms with Crippen molar-refractivity contribution < 1.29 is 0 Å². The zero-order valence-electron chi connectivity index (χ0n) is 13.0. The highest BCUT2D eigenvalue weighted by molar-refractivity contribution is 5.82. The van der Waals surface area contributed by atoms with Crippen molar-refractivity contribution in [2.45, 2.75) is 19.0 Å². The van der Waals surface area contributed by atoms with Crippen LogP contribution in [0, 0.1) is 0 Å². The van der Waals surface area contributed by atoms with Gasteiger partial charge in [-0.05, 0) is 12.0 Å². The van der Waals surface area contributed by atoms with E-state index < -0.39 is 0 Å². The normalized spacial score (nSPS) is 12.3. The summed E-state index contributed by atoms with van der Waals surface area (Å²) in [5, 5.41) is 3.53. The third-order valence-corrected chi connectivity index (χ3v) is 3.97. The number of nitrogens with one attached hydrogen (secondary N) is 2. The Morgan fingerprint density at radius 3 is 2.88 bits per heavy atom. The summed E-state index contributed by atoms with van der Waals surface area (Å²) in [7, 11) is 0. The SMILES string of the molecule is c1ccc(C(CCn2ccnc2)Nc2ncnc3nc[nH]c23)cc1. The molecule has 2 N–H and O–H groups in total. The molecule has 0 aliphatic rings. The van der Waals surface area contributed by atoms with E-state index in [4.69, 9.17) is 0 Å². The highest BCUT2D eigenvalue weighted by Gasteiger charge is 2.14. The molecular formula is C17H17N7. The second kappa shape index (κ2) is 6.49. The average Bonchev–Trinajstić information content (AvgIpc) is 3.31. The van der Waals surface area contributed by atoms with Gasteiger partial charge in [0, 0.05) is 18.9 Å². The Balaban J connectivity index is 1.61. The standard InChI is InChI=1S/C17H17N7/c1-2-4-13(5-3-1)14(6-8-24-9-7-18-12-24)23-17-15-16(20-10-19-15)21-11-22-17/h1-5,7,9-12,14H,6,8H2,(H2,19,20,21,22,23). The smallest absolute Gasteiger partial charge is 0.182 e. The van der Waals surface area contributed by atoms with E-state index in [9.17, 15) is 0 Å². The predicted molar refractivity (Wildman–Crippen MR) is 91.3 cm³/mol. The van der Waals surface area contributed by atoms with Crippen LogP contribution < -0.4 is 5.32 Å². The molecule has 7 heteroatoms. The number of imidazole rings is 2. The second-order valence-electron chi connectivity index (χ2n) is 5.52. The van der Waals surface area contributed by atoms with Crippen LogP contribution in [-0.2, 0) is 6.54 Å². The molecule has 0 amide bonds. The van der Waals surface area contributed by atoms with Crippen LogP contribution in [-0.4, -0.2) is 29.5 Å². The lowest BCUT2D eigenvalue weighted by Gasteiger charge is -2.20. The molecule has 0 radical (unpaired) electrons. The average molecular weight is 319 g/mol. The Hall–Kier alpha value is -3.22. The van der Waals surface area contributed by atoms with E-state index in [1.807, 2.05) is 30.7 Å². The summed E-state index contributed by atoms with van der Waals surface area (Å²) in [6.45, 7) is 0.865. The van der Waals surface area contributed by atoms with E-state index >= 15 is 0 Å². The highest BCUT2D eigenvalue weighted by atomic mass is 15.1. The van der Waals surface area contributed by atoms with Gasteiger partial charge in [0.2, 0.25) is 0 Å². The van der Waals surface area contributed by atoms with E-state index in [2.05, 4.69) is 46.9 Å². The van der Waals surface area contributed by atoms with Gasteiger partial charge in [-0.25, -0.2) is 19.9 Å². The molecule has 1 unspecified atom stereocenters. The molecule has 0 aliphatic heterocycles. The first-order valence-electron chi connectivity index (χ1n) is 7.81. The van der Waals surface area contributed by atoms with E-state index in [-0.39, 0.29) is 6.04 Å². The van der Waals surface area contributed by atoms with Gasteiger partial charge in [-0.2, -0.15) is 0 Å². The molecular weight excluding hydrogens is 302 g/mol. The number of benzene rings is 1. The lowest BCUT2D eigenvalue weighted by Crippen LogP contribution is -2.14. The van der Waals surface area contributed by atoms with E-state index in [1.54, 1.807) is 12.5 Å². The number of nitrogens with zero attached hydrogens (tertiary/aromatic N) is 5. The zero-order chi connectivity index (χ0) is 16.2. The summed E-state index contributed by atoms with van der Waals surface area (Å²) in [5.41, 5.74) is 2.69. The zero-order valence-corrected chi connectivity index (χ0v) is 13.0. The molecule has 1 atom stereocenters. The largest absolute Gasteiger partial charge is 0.361 e. The van der Waals surface area contributed by atoms with Gasteiger partial charge >= 0.3 is 0 Å². The topological polar surface area (TPSA) is 84.3 Å². The van der Waals surface area contributed by atoms with Crippen molar-refractivity contribution in [2.75, 3.05) is 5.32 Å². The van der Waals surface area contributed by atoms with Crippen LogP contribution in [0.15, 0.2) is 61.7 Å². The Morgan fingerprint density at radius 2 is 2.04 bits per heavy atom. The van der Waals surface area contributed by atoms with Gasteiger partial charge in [0.1, 0.15) is 11.8 Å². The first-order chi connectivity index (χ1) is 11.9. The van der Waals surface area contributed by atoms with E-state index in [0.717, 1.165) is 24.3 Å². The molecule has 0 saturated carbocycles. The number of fused-ring (bicyclic) bond motifs is 1. The summed E-state index contributed by atoms with van der Waals surface area (Å²) in [4.78, 5) is 19.9.